The first-order chi connectivity index (χ1) is 11.7. The zero-order chi connectivity index (χ0) is 18.2. The minimum Gasteiger partial charge on any atom is -0.337 e. The number of nitrogens with zero attached hydrogens (tertiary/aromatic N) is 5. The van der Waals surface area contributed by atoms with Gasteiger partial charge in [0.05, 0.1) is 18.3 Å². The molecule has 0 aromatic carbocycles. The second-order valence-corrected chi connectivity index (χ2v) is 7.68. The number of aryl methyl sites for hydroxylation is 2. The Bertz CT molecular complexity index is 758. The third-order valence-corrected chi connectivity index (χ3v) is 4.37. The molecule has 1 aliphatic rings. The van der Waals surface area contributed by atoms with Crippen LogP contribution < -0.4 is 5.32 Å². The maximum Gasteiger partial charge on any atom is 0.317 e. The average Bonchev–Trinajstić information content (AvgIpc) is 3.23. The topological polar surface area (TPSA) is 89.1 Å². The van der Waals surface area contributed by atoms with Crippen molar-refractivity contribution in [2.45, 2.75) is 59.0 Å². The maximum atomic E-state index is 12.4. The van der Waals surface area contributed by atoms with Crippen LogP contribution in [-0.4, -0.2) is 43.9 Å². The molecule has 1 aliphatic heterocycles. The second kappa shape index (κ2) is 6.50. The lowest BCUT2D eigenvalue weighted by molar-refractivity contribution is 0.204. The molecule has 3 rings (SSSR count). The summed E-state index contributed by atoms with van der Waals surface area (Å²) >= 11 is 0. The SMILES string of the molecule is Cc1cc(C)n(C2CCN(C(=O)NCc3nc(C(C)(C)C)no3)C2)n1. The first-order valence-electron chi connectivity index (χ1n) is 8.62. The Morgan fingerprint density at radius 2 is 2.16 bits per heavy atom. The summed E-state index contributed by atoms with van der Waals surface area (Å²) in [6, 6.07) is 2.18. The molecule has 1 fully saturated rings. The molecule has 1 unspecified atom stereocenters. The van der Waals surface area contributed by atoms with Gasteiger partial charge in [-0.1, -0.05) is 25.9 Å². The van der Waals surface area contributed by atoms with E-state index in [1.54, 1.807) is 0 Å². The molecule has 2 aromatic rings. The molecule has 1 N–H and O–H groups in total. The Balaban J connectivity index is 1.54. The molecule has 2 aromatic heterocycles. The zero-order valence-electron chi connectivity index (χ0n) is 15.5. The van der Waals surface area contributed by atoms with Gasteiger partial charge in [0.1, 0.15) is 0 Å². The fraction of sp³-hybridized carbons (Fsp3) is 0.647. The first-order valence-corrected chi connectivity index (χ1v) is 8.62. The summed E-state index contributed by atoms with van der Waals surface area (Å²) in [4.78, 5) is 18.5. The van der Waals surface area contributed by atoms with E-state index in [2.05, 4.69) is 26.6 Å². The van der Waals surface area contributed by atoms with Crippen LogP contribution >= 0.6 is 0 Å². The Kier molecular flexibility index (Phi) is 4.53. The zero-order valence-corrected chi connectivity index (χ0v) is 15.5. The van der Waals surface area contributed by atoms with E-state index in [-0.39, 0.29) is 24.0 Å². The minimum atomic E-state index is -0.173. The van der Waals surface area contributed by atoms with E-state index in [0.717, 1.165) is 17.8 Å². The molecular formula is C17H26N6O2. The van der Waals surface area contributed by atoms with Crippen molar-refractivity contribution in [1.82, 2.24) is 30.1 Å². The molecule has 136 valence electrons. The van der Waals surface area contributed by atoms with Crippen LogP contribution in [-0.2, 0) is 12.0 Å². The van der Waals surface area contributed by atoms with Gasteiger partial charge < -0.3 is 14.7 Å². The molecule has 8 nitrogen and oxygen atoms in total. The Morgan fingerprint density at radius 3 is 2.76 bits per heavy atom. The van der Waals surface area contributed by atoms with E-state index >= 15 is 0 Å². The lowest BCUT2D eigenvalue weighted by Gasteiger charge is -2.17. The van der Waals surface area contributed by atoms with Crippen LogP contribution in [0.5, 0.6) is 0 Å². The fourth-order valence-corrected chi connectivity index (χ4v) is 3.04. The van der Waals surface area contributed by atoms with Crippen LogP contribution in [0.2, 0.25) is 0 Å². The van der Waals surface area contributed by atoms with Crippen molar-refractivity contribution in [2.75, 3.05) is 13.1 Å². The highest BCUT2D eigenvalue weighted by molar-refractivity contribution is 5.74. The summed E-state index contributed by atoms with van der Waals surface area (Å²) in [5.74, 6) is 1.06. The maximum absolute atomic E-state index is 12.4. The van der Waals surface area contributed by atoms with Crippen LogP contribution in [0, 0.1) is 13.8 Å². The third-order valence-electron chi connectivity index (χ3n) is 4.37. The Labute approximate surface area is 147 Å². The van der Waals surface area contributed by atoms with Crippen molar-refractivity contribution >= 4 is 6.03 Å². The number of rotatable bonds is 3. The number of nitrogens with one attached hydrogen (secondary N) is 1. The molecule has 0 bridgehead atoms. The third kappa shape index (κ3) is 3.83. The summed E-state index contributed by atoms with van der Waals surface area (Å²) in [5, 5.41) is 11.4. The van der Waals surface area contributed by atoms with Crippen molar-refractivity contribution in [2.24, 2.45) is 0 Å². The molecule has 1 saturated heterocycles. The number of aromatic nitrogens is 4. The van der Waals surface area contributed by atoms with Crippen molar-refractivity contribution in [3.8, 4) is 0 Å². The molecule has 0 spiro atoms. The van der Waals surface area contributed by atoms with Gasteiger partial charge in [-0.15, -0.1) is 0 Å². The van der Waals surface area contributed by atoms with E-state index in [1.807, 2.05) is 44.2 Å². The number of hydrogen-bond acceptors (Lipinski definition) is 5. The second-order valence-electron chi connectivity index (χ2n) is 7.68. The standard InChI is InChI=1S/C17H26N6O2/c1-11-8-12(2)23(20-11)13-6-7-22(10-13)16(24)18-9-14-19-15(21-25-14)17(3,4)5/h8,13H,6-7,9-10H2,1-5H3,(H,18,24). The molecule has 8 heteroatoms. The van der Waals surface area contributed by atoms with Gasteiger partial charge in [0.15, 0.2) is 5.82 Å². The number of urea groups is 1. The number of carbonyl (C=O) groups excluding carboxylic acids is 1. The smallest absolute Gasteiger partial charge is 0.317 e. The highest BCUT2D eigenvalue weighted by Gasteiger charge is 2.29. The number of likely N-dealkylation sites (tertiary alicyclic amines) is 1. The van der Waals surface area contributed by atoms with E-state index in [0.29, 0.717) is 24.8 Å². The lowest BCUT2D eigenvalue weighted by Crippen LogP contribution is -2.38. The van der Waals surface area contributed by atoms with Gasteiger partial charge >= 0.3 is 6.03 Å². The van der Waals surface area contributed by atoms with Crippen LogP contribution in [0.15, 0.2) is 10.6 Å². The van der Waals surface area contributed by atoms with Gasteiger partial charge in [-0.3, -0.25) is 4.68 Å². The van der Waals surface area contributed by atoms with Gasteiger partial charge in [-0.05, 0) is 26.3 Å². The van der Waals surface area contributed by atoms with Crippen LogP contribution in [0.4, 0.5) is 4.79 Å². The molecular weight excluding hydrogens is 320 g/mol. The first kappa shape index (κ1) is 17.4. The van der Waals surface area contributed by atoms with Gasteiger partial charge in [0.2, 0.25) is 5.89 Å². The molecule has 3 heterocycles. The molecule has 25 heavy (non-hydrogen) atoms. The highest BCUT2D eigenvalue weighted by Crippen LogP contribution is 2.23. The van der Waals surface area contributed by atoms with Crippen molar-refractivity contribution in [3.05, 3.63) is 29.2 Å². The number of amides is 2. The van der Waals surface area contributed by atoms with E-state index in [4.69, 9.17) is 4.52 Å². The fourth-order valence-electron chi connectivity index (χ4n) is 3.04. The van der Waals surface area contributed by atoms with Crippen LogP contribution in [0.1, 0.15) is 56.3 Å². The largest absolute Gasteiger partial charge is 0.337 e. The molecule has 0 saturated carbocycles. The minimum absolute atomic E-state index is 0.112. The Hall–Kier alpha value is -2.38. The highest BCUT2D eigenvalue weighted by atomic mass is 16.5. The Morgan fingerprint density at radius 1 is 1.40 bits per heavy atom. The predicted octanol–water partition coefficient (Wildman–Crippen LogP) is 2.34. The lowest BCUT2D eigenvalue weighted by atomic mass is 9.96. The van der Waals surface area contributed by atoms with Gasteiger partial charge in [-0.25, -0.2) is 4.79 Å². The van der Waals surface area contributed by atoms with Crippen molar-refractivity contribution in [1.29, 1.82) is 0 Å². The number of carbonyl (C=O) groups is 1. The van der Waals surface area contributed by atoms with E-state index in [9.17, 15) is 4.79 Å². The van der Waals surface area contributed by atoms with Crippen LogP contribution in [0.25, 0.3) is 0 Å². The van der Waals surface area contributed by atoms with Crippen molar-refractivity contribution in [3.63, 3.8) is 0 Å². The van der Waals surface area contributed by atoms with E-state index < -0.39 is 0 Å². The molecule has 1 atom stereocenters. The van der Waals surface area contributed by atoms with E-state index in [1.165, 1.54) is 0 Å². The van der Waals surface area contributed by atoms with Crippen LogP contribution in [0.3, 0.4) is 0 Å². The van der Waals surface area contributed by atoms with Gasteiger partial charge in [-0.2, -0.15) is 10.1 Å². The summed E-state index contributed by atoms with van der Waals surface area (Å²) < 4.78 is 7.23. The molecule has 2 amide bonds. The summed E-state index contributed by atoms with van der Waals surface area (Å²) in [5.41, 5.74) is 1.96. The summed E-state index contributed by atoms with van der Waals surface area (Å²) in [6.07, 6.45) is 0.907. The summed E-state index contributed by atoms with van der Waals surface area (Å²) in [7, 11) is 0. The molecule has 0 radical (unpaired) electrons. The predicted molar refractivity (Wildman–Crippen MR) is 92.2 cm³/mol. The average molecular weight is 346 g/mol. The van der Waals surface area contributed by atoms with Crippen molar-refractivity contribution < 1.29 is 9.32 Å². The normalized spacial score (nSPS) is 18.0. The van der Waals surface area contributed by atoms with Gasteiger partial charge in [0, 0.05) is 24.2 Å². The summed E-state index contributed by atoms with van der Waals surface area (Å²) in [6.45, 7) is 11.7. The van der Waals surface area contributed by atoms with Gasteiger partial charge in [0.25, 0.3) is 0 Å². The quantitative estimate of drug-likeness (QED) is 0.921. The molecule has 0 aliphatic carbocycles. The number of hydrogen-bond donors (Lipinski definition) is 1. The monoisotopic (exact) mass is 346 g/mol.